The lowest BCUT2D eigenvalue weighted by atomic mass is 9.96. The zero-order valence-corrected chi connectivity index (χ0v) is 30.8. The summed E-state index contributed by atoms with van der Waals surface area (Å²) in [6, 6.07) is 66.0. The highest BCUT2D eigenvalue weighted by atomic mass is 15.0. The monoisotopic (exact) mass is 727 g/mol. The van der Waals surface area contributed by atoms with Crippen molar-refractivity contribution in [3.63, 3.8) is 0 Å². The maximum absolute atomic E-state index is 5.26. The van der Waals surface area contributed by atoms with Crippen LogP contribution < -0.4 is 0 Å². The molecule has 5 heteroatoms. The van der Waals surface area contributed by atoms with E-state index in [1.165, 1.54) is 27.2 Å². The van der Waals surface area contributed by atoms with Crippen LogP contribution in [0.25, 0.3) is 105 Å². The lowest BCUT2D eigenvalue weighted by Gasteiger charge is -2.15. The molecular formula is C52H33N5. The summed E-state index contributed by atoms with van der Waals surface area (Å²) in [6.07, 6.45) is 3.61. The Kier molecular flexibility index (Phi) is 7.74. The fourth-order valence-electron chi connectivity index (χ4n) is 8.30. The van der Waals surface area contributed by atoms with Gasteiger partial charge in [-0.3, -0.25) is 9.97 Å². The standard InChI is InChI=1S/C52H33N5/c1-3-14-36(15-4-1)50-43-29-28-41-40-20-13-19-39(51(40)57(38-16-5-2-6-17-38)52(41)49(43)42-18-7-8-21-44(42)56-50)35-26-24-34(25-27-35)37-32-47(45-22-9-11-30-53-45)55-48(33-37)46-23-10-12-31-54-46/h1-33H. The van der Waals surface area contributed by atoms with Gasteiger partial charge in [-0.15, -0.1) is 0 Å². The Bertz CT molecular complexity index is 3190. The van der Waals surface area contributed by atoms with Crippen LogP contribution in [0, 0.1) is 0 Å². The summed E-state index contributed by atoms with van der Waals surface area (Å²) in [7, 11) is 0. The van der Waals surface area contributed by atoms with Gasteiger partial charge in [0.2, 0.25) is 0 Å². The first kappa shape index (κ1) is 32.7. The van der Waals surface area contributed by atoms with Gasteiger partial charge in [-0.1, -0.05) is 133 Å². The highest BCUT2D eigenvalue weighted by Gasteiger charge is 2.22. The highest BCUT2D eigenvalue weighted by molar-refractivity contribution is 6.28. The molecule has 0 amide bonds. The minimum Gasteiger partial charge on any atom is -0.308 e. The van der Waals surface area contributed by atoms with Crippen LogP contribution in [0.15, 0.2) is 200 Å². The average molecular weight is 728 g/mol. The molecule has 0 aliphatic heterocycles. The van der Waals surface area contributed by atoms with E-state index in [-0.39, 0.29) is 0 Å². The van der Waals surface area contributed by atoms with Gasteiger partial charge in [-0.2, -0.15) is 0 Å². The van der Waals surface area contributed by atoms with Crippen molar-refractivity contribution in [2.75, 3.05) is 0 Å². The molecule has 0 N–H and O–H groups in total. The van der Waals surface area contributed by atoms with E-state index in [9.17, 15) is 0 Å². The van der Waals surface area contributed by atoms with E-state index >= 15 is 0 Å². The molecule has 0 aliphatic rings. The molecule has 0 atom stereocenters. The maximum Gasteiger partial charge on any atom is 0.0900 e. The van der Waals surface area contributed by atoms with Crippen LogP contribution in [0.2, 0.25) is 0 Å². The van der Waals surface area contributed by atoms with Crippen molar-refractivity contribution in [3.05, 3.63) is 200 Å². The first-order valence-electron chi connectivity index (χ1n) is 19.1. The SMILES string of the molecule is c1ccc(-c2nc3ccccc3c3c2ccc2c4cccc(-c5ccc(-c6cc(-c7ccccn7)nc(-c7ccccn7)c6)cc5)c4n(-c4ccccc4)c23)cc1. The summed E-state index contributed by atoms with van der Waals surface area (Å²) in [4.78, 5) is 19.5. The molecule has 5 nitrogen and oxygen atoms in total. The van der Waals surface area contributed by atoms with Crippen LogP contribution in [0.4, 0.5) is 0 Å². The van der Waals surface area contributed by atoms with Gasteiger partial charge in [0.15, 0.2) is 0 Å². The predicted molar refractivity (Wildman–Crippen MR) is 234 cm³/mol. The number of fused-ring (bicyclic) bond motifs is 7. The number of pyridine rings is 4. The summed E-state index contributed by atoms with van der Waals surface area (Å²) in [6.45, 7) is 0. The van der Waals surface area contributed by atoms with Crippen LogP contribution in [-0.4, -0.2) is 24.5 Å². The zero-order valence-electron chi connectivity index (χ0n) is 30.8. The third kappa shape index (κ3) is 5.56. The Morgan fingerprint density at radius 3 is 1.65 bits per heavy atom. The van der Waals surface area contributed by atoms with Gasteiger partial charge in [0.1, 0.15) is 0 Å². The molecule has 5 aromatic heterocycles. The summed E-state index contributed by atoms with van der Waals surface area (Å²) in [5, 5.41) is 5.87. The zero-order chi connectivity index (χ0) is 37.7. The van der Waals surface area contributed by atoms with Crippen LogP contribution in [0.3, 0.4) is 0 Å². The highest BCUT2D eigenvalue weighted by Crippen LogP contribution is 2.44. The van der Waals surface area contributed by atoms with Gasteiger partial charge >= 0.3 is 0 Å². The third-order valence-corrected chi connectivity index (χ3v) is 10.9. The van der Waals surface area contributed by atoms with Crippen LogP contribution in [0.1, 0.15) is 0 Å². The molecule has 266 valence electrons. The molecule has 0 aliphatic carbocycles. The Labute approximate surface area is 329 Å². The second kappa shape index (κ2) is 13.5. The molecule has 0 radical (unpaired) electrons. The Balaban J connectivity index is 1.15. The van der Waals surface area contributed by atoms with Crippen molar-refractivity contribution in [2.24, 2.45) is 0 Å². The van der Waals surface area contributed by atoms with E-state index in [0.29, 0.717) is 0 Å². The largest absolute Gasteiger partial charge is 0.308 e. The number of hydrogen-bond acceptors (Lipinski definition) is 4. The smallest absolute Gasteiger partial charge is 0.0900 e. The molecule has 0 saturated carbocycles. The van der Waals surface area contributed by atoms with Crippen molar-refractivity contribution >= 4 is 43.5 Å². The van der Waals surface area contributed by atoms with Crippen molar-refractivity contribution in [2.45, 2.75) is 0 Å². The van der Waals surface area contributed by atoms with Crippen molar-refractivity contribution < 1.29 is 0 Å². The van der Waals surface area contributed by atoms with Crippen molar-refractivity contribution in [1.29, 1.82) is 0 Å². The molecule has 6 aromatic carbocycles. The Morgan fingerprint density at radius 2 is 0.947 bits per heavy atom. The van der Waals surface area contributed by atoms with Crippen LogP contribution >= 0.6 is 0 Å². The third-order valence-electron chi connectivity index (χ3n) is 10.9. The molecule has 57 heavy (non-hydrogen) atoms. The molecule has 0 unspecified atom stereocenters. The summed E-state index contributed by atoms with van der Waals surface area (Å²) >= 11 is 0. The summed E-state index contributed by atoms with van der Waals surface area (Å²) in [5.41, 5.74) is 14.2. The van der Waals surface area contributed by atoms with Gasteiger partial charge < -0.3 is 4.57 Å². The van der Waals surface area contributed by atoms with Gasteiger partial charge in [-0.25, -0.2) is 9.97 Å². The summed E-state index contributed by atoms with van der Waals surface area (Å²) in [5.74, 6) is 0. The number of aromatic nitrogens is 5. The lowest BCUT2D eigenvalue weighted by molar-refractivity contribution is 1.19. The van der Waals surface area contributed by atoms with E-state index in [2.05, 4.69) is 166 Å². The van der Waals surface area contributed by atoms with E-state index in [1.54, 1.807) is 12.4 Å². The van der Waals surface area contributed by atoms with Crippen molar-refractivity contribution in [3.8, 4) is 62.0 Å². The number of rotatable bonds is 6. The molecular weight excluding hydrogens is 695 g/mol. The van der Waals surface area contributed by atoms with E-state index < -0.39 is 0 Å². The minimum absolute atomic E-state index is 0.806. The van der Waals surface area contributed by atoms with Crippen LogP contribution in [-0.2, 0) is 0 Å². The number of benzene rings is 6. The van der Waals surface area contributed by atoms with E-state index in [4.69, 9.17) is 9.97 Å². The molecule has 5 heterocycles. The van der Waals surface area contributed by atoms with Gasteiger partial charge in [-0.05, 0) is 71.3 Å². The second-order valence-corrected chi connectivity index (χ2v) is 14.2. The molecule has 11 aromatic rings. The Morgan fingerprint density at radius 1 is 0.351 bits per heavy atom. The average Bonchev–Trinajstić information content (AvgIpc) is 3.64. The lowest BCUT2D eigenvalue weighted by Crippen LogP contribution is -1.97. The molecule has 0 fully saturated rings. The normalized spacial score (nSPS) is 11.5. The molecule has 0 spiro atoms. The van der Waals surface area contributed by atoms with E-state index in [0.717, 1.165) is 78.3 Å². The predicted octanol–water partition coefficient (Wildman–Crippen LogP) is 13.0. The molecule has 0 saturated heterocycles. The maximum atomic E-state index is 5.26. The number of hydrogen-bond donors (Lipinski definition) is 0. The van der Waals surface area contributed by atoms with Crippen LogP contribution in [0.5, 0.6) is 0 Å². The number of para-hydroxylation sites is 3. The van der Waals surface area contributed by atoms with Gasteiger partial charge in [0.05, 0.1) is 45.0 Å². The fraction of sp³-hybridized carbons (Fsp3) is 0. The summed E-state index contributed by atoms with van der Waals surface area (Å²) < 4.78 is 2.47. The number of nitrogens with zero attached hydrogens (tertiary/aromatic N) is 5. The first-order valence-corrected chi connectivity index (χ1v) is 19.1. The quantitative estimate of drug-likeness (QED) is 0.160. The topological polar surface area (TPSA) is 56.5 Å². The minimum atomic E-state index is 0.806. The van der Waals surface area contributed by atoms with E-state index in [1.807, 2.05) is 36.4 Å². The van der Waals surface area contributed by atoms with Gasteiger partial charge in [0, 0.05) is 56.1 Å². The van der Waals surface area contributed by atoms with Crippen molar-refractivity contribution in [1.82, 2.24) is 24.5 Å². The molecule has 0 bridgehead atoms. The second-order valence-electron chi connectivity index (χ2n) is 14.2. The van der Waals surface area contributed by atoms with Gasteiger partial charge in [0.25, 0.3) is 0 Å². The molecule has 11 rings (SSSR count). The fourth-order valence-corrected chi connectivity index (χ4v) is 8.30. The first-order chi connectivity index (χ1) is 28.3. The Hall–Kier alpha value is -7.76.